The first-order valence-electron chi connectivity index (χ1n) is 4.93. The third-order valence-corrected chi connectivity index (χ3v) is 3.16. The molecule has 12 heavy (non-hydrogen) atoms. The van der Waals surface area contributed by atoms with Crippen LogP contribution in [-0.2, 0) is 9.47 Å². The van der Waals surface area contributed by atoms with E-state index >= 15 is 0 Å². The molecule has 0 spiro atoms. The van der Waals surface area contributed by atoms with Gasteiger partial charge in [-0.2, -0.15) is 0 Å². The molecular formula is C9H15NO2. The molecule has 3 unspecified atom stereocenters. The molecule has 0 aliphatic carbocycles. The molecule has 3 rings (SSSR count). The molecule has 2 bridgehead atoms. The Balaban J connectivity index is 1.56. The van der Waals surface area contributed by atoms with Crippen molar-refractivity contribution in [3.63, 3.8) is 0 Å². The lowest BCUT2D eigenvalue weighted by Gasteiger charge is -2.32. The van der Waals surface area contributed by atoms with E-state index in [1.807, 2.05) is 0 Å². The van der Waals surface area contributed by atoms with Gasteiger partial charge < -0.3 is 14.8 Å². The largest absolute Gasteiger partial charge is 0.372 e. The summed E-state index contributed by atoms with van der Waals surface area (Å²) in [7, 11) is 0. The predicted octanol–water partition coefficient (Wildman–Crippen LogP) is 0.295. The van der Waals surface area contributed by atoms with Crippen LogP contribution in [0.25, 0.3) is 0 Å². The maximum Gasteiger partial charge on any atom is 0.0866 e. The summed E-state index contributed by atoms with van der Waals surface area (Å²) >= 11 is 0. The first-order valence-corrected chi connectivity index (χ1v) is 4.93. The van der Waals surface area contributed by atoms with Crippen LogP contribution in [-0.4, -0.2) is 37.5 Å². The Bertz CT molecular complexity index is 181. The standard InChI is InChI=1S/C9H15NO2/c1-2-8-9(3-6(1)11-8)12-7-4-10-5-7/h6-10H,1-5H2. The lowest BCUT2D eigenvalue weighted by Crippen LogP contribution is -2.51. The number of hydrogen-bond donors (Lipinski definition) is 1. The van der Waals surface area contributed by atoms with Gasteiger partial charge >= 0.3 is 0 Å². The van der Waals surface area contributed by atoms with E-state index in [0.29, 0.717) is 24.4 Å². The van der Waals surface area contributed by atoms with Crippen molar-refractivity contribution in [2.75, 3.05) is 13.1 Å². The minimum atomic E-state index is 0.413. The summed E-state index contributed by atoms with van der Waals surface area (Å²) in [6.07, 6.45) is 5.45. The van der Waals surface area contributed by atoms with Crippen molar-refractivity contribution in [2.45, 2.75) is 43.7 Å². The maximum absolute atomic E-state index is 5.89. The third-order valence-electron chi connectivity index (χ3n) is 3.16. The molecule has 3 aliphatic rings. The van der Waals surface area contributed by atoms with Crippen LogP contribution >= 0.6 is 0 Å². The van der Waals surface area contributed by atoms with E-state index in [1.165, 1.54) is 12.8 Å². The van der Waals surface area contributed by atoms with Crippen molar-refractivity contribution in [2.24, 2.45) is 0 Å². The highest BCUT2D eigenvalue weighted by Gasteiger charge is 2.42. The number of rotatable bonds is 2. The fourth-order valence-electron chi connectivity index (χ4n) is 2.34. The van der Waals surface area contributed by atoms with Crippen molar-refractivity contribution >= 4 is 0 Å². The molecule has 3 heterocycles. The van der Waals surface area contributed by atoms with Gasteiger partial charge in [0.15, 0.2) is 0 Å². The first-order chi connectivity index (χ1) is 5.92. The summed E-state index contributed by atoms with van der Waals surface area (Å²) in [6, 6.07) is 0. The Labute approximate surface area is 72.4 Å². The molecule has 0 aromatic carbocycles. The van der Waals surface area contributed by atoms with Gasteiger partial charge in [-0.25, -0.2) is 0 Å². The summed E-state index contributed by atoms with van der Waals surface area (Å²) in [5.41, 5.74) is 0. The van der Waals surface area contributed by atoms with Gasteiger partial charge in [-0.05, 0) is 12.8 Å². The summed E-state index contributed by atoms with van der Waals surface area (Å²) < 4.78 is 11.6. The highest BCUT2D eigenvalue weighted by atomic mass is 16.6. The second kappa shape index (κ2) is 2.69. The summed E-state index contributed by atoms with van der Waals surface area (Å²) in [5.74, 6) is 0. The molecular weight excluding hydrogens is 154 g/mol. The van der Waals surface area contributed by atoms with E-state index < -0.39 is 0 Å². The van der Waals surface area contributed by atoms with Crippen LogP contribution in [0.4, 0.5) is 0 Å². The second-order valence-electron chi connectivity index (χ2n) is 4.06. The molecule has 0 amide bonds. The summed E-state index contributed by atoms with van der Waals surface area (Å²) in [5, 5.41) is 3.21. The molecule has 3 heteroatoms. The van der Waals surface area contributed by atoms with Crippen LogP contribution in [0.3, 0.4) is 0 Å². The second-order valence-corrected chi connectivity index (χ2v) is 4.06. The maximum atomic E-state index is 5.89. The summed E-state index contributed by atoms with van der Waals surface area (Å²) in [4.78, 5) is 0. The van der Waals surface area contributed by atoms with Crippen molar-refractivity contribution in [1.82, 2.24) is 5.32 Å². The average Bonchev–Trinajstić information content (AvgIpc) is 2.56. The van der Waals surface area contributed by atoms with Gasteiger partial charge in [0.2, 0.25) is 0 Å². The van der Waals surface area contributed by atoms with Crippen molar-refractivity contribution in [3.05, 3.63) is 0 Å². The van der Waals surface area contributed by atoms with Gasteiger partial charge in [0, 0.05) is 19.5 Å². The molecule has 0 aromatic heterocycles. The average molecular weight is 169 g/mol. The molecule has 0 saturated carbocycles. The fourth-order valence-corrected chi connectivity index (χ4v) is 2.34. The predicted molar refractivity (Wildman–Crippen MR) is 44.0 cm³/mol. The molecule has 68 valence electrons. The van der Waals surface area contributed by atoms with Gasteiger partial charge in [-0.3, -0.25) is 0 Å². The van der Waals surface area contributed by atoms with Gasteiger partial charge in [-0.1, -0.05) is 0 Å². The zero-order valence-electron chi connectivity index (χ0n) is 7.16. The molecule has 3 aliphatic heterocycles. The van der Waals surface area contributed by atoms with E-state index in [9.17, 15) is 0 Å². The zero-order valence-corrected chi connectivity index (χ0v) is 7.16. The van der Waals surface area contributed by atoms with E-state index in [2.05, 4.69) is 5.32 Å². The molecule has 3 fully saturated rings. The summed E-state index contributed by atoms with van der Waals surface area (Å²) in [6.45, 7) is 2.07. The van der Waals surface area contributed by atoms with E-state index in [1.54, 1.807) is 0 Å². The third kappa shape index (κ3) is 1.08. The highest BCUT2D eigenvalue weighted by molar-refractivity contribution is 4.92. The van der Waals surface area contributed by atoms with Gasteiger partial charge in [0.25, 0.3) is 0 Å². The molecule has 0 radical (unpaired) electrons. The molecule has 3 saturated heterocycles. The molecule has 0 aromatic rings. The Hall–Kier alpha value is -0.120. The number of nitrogens with one attached hydrogen (secondary N) is 1. The Morgan fingerprint density at radius 3 is 2.67 bits per heavy atom. The Morgan fingerprint density at radius 2 is 2.17 bits per heavy atom. The van der Waals surface area contributed by atoms with E-state index in [4.69, 9.17) is 9.47 Å². The minimum Gasteiger partial charge on any atom is -0.372 e. The molecule has 3 atom stereocenters. The minimum absolute atomic E-state index is 0.413. The SMILES string of the molecule is C1CC2OC1CC2OC1CNC1. The Morgan fingerprint density at radius 1 is 1.25 bits per heavy atom. The van der Waals surface area contributed by atoms with Crippen LogP contribution < -0.4 is 5.32 Å². The van der Waals surface area contributed by atoms with Gasteiger partial charge in [0.05, 0.1) is 24.4 Å². The van der Waals surface area contributed by atoms with E-state index in [0.717, 1.165) is 19.5 Å². The van der Waals surface area contributed by atoms with Crippen LogP contribution in [0.1, 0.15) is 19.3 Å². The topological polar surface area (TPSA) is 30.5 Å². The van der Waals surface area contributed by atoms with Crippen LogP contribution in [0.5, 0.6) is 0 Å². The first kappa shape index (κ1) is 7.30. The van der Waals surface area contributed by atoms with Gasteiger partial charge in [-0.15, -0.1) is 0 Å². The molecule has 1 N–H and O–H groups in total. The van der Waals surface area contributed by atoms with Crippen LogP contribution in [0, 0.1) is 0 Å². The lowest BCUT2D eigenvalue weighted by molar-refractivity contribution is -0.0648. The molecule has 3 nitrogen and oxygen atoms in total. The van der Waals surface area contributed by atoms with Crippen molar-refractivity contribution in [3.8, 4) is 0 Å². The smallest absolute Gasteiger partial charge is 0.0866 e. The monoisotopic (exact) mass is 169 g/mol. The lowest BCUT2D eigenvalue weighted by atomic mass is 9.97. The fraction of sp³-hybridized carbons (Fsp3) is 1.00. The van der Waals surface area contributed by atoms with E-state index in [-0.39, 0.29) is 0 Å². The van der Waals surface area contributed by atoms with Crippen molar-refractivity contribution in [1.29, 1.82) is 0 Å². The highest BCUT2D eigenvalue weighted by Crippen LogP contribution is 2.36. The number of hydrogen-bond acceptors (Lipinski definition) is 3. The number of fused-ring (bicyclic) bond motifs is 2. The number of ether oxygens (including phenoxy) is 2. The van der Waals surface area contributed by atoms with Crippen LogP contribution in [0.2, 0.25) is 0 Å². The Kier molecular flexibility index (Phi) is 1.63. The normalized spacial score (nSPS) is 46.5. The quantitative estimate of drug-likeness (QED) is 0.644. The zero-order chi connectivity index (χ0) is 7.97. The van der Waals surface area contributed by atoms with Crippen LogP contribution in [0.15, 0.2) is 0 Å². The van der Waals surface area contributed by atoms with Gasteiger partial charge in [0.1, 0.15) is 0 Å². The van der Waals surface area contributed by atoms with Crippen molar-refractivity contribution < 1.29 is 9.47 Å².